The number of sulfonamides is 1. The Bertz CT molecular complexity index is 1120. The van der Waals surface area contributed by atoms with Crippen molar-refractivity contribution >= 4 is 39.1 Å². The number of benzene rings is 1. The van der Waals surface area contributed by atoms with Crippen molar-refractivity contribution in [3.05, 3.63) is 46.6 Å². The van der Waals surface area contributed by atoms with Gasteiger partial charge in [0.25, 0.3) is 15.9 Å². The summed E-state index contributed by atoms with van der Waals surface area (Å²) >= 11 is 6.39. The number of carbonyl (C=O) groups excluding carboxylic acids is 1. The highest BCUT2D eigenvalue weighted by Crippen LogP contribution is 2.37. The first-order valence-corrected chi connectivity index (χ1v) is 11.4. The molecule has 0 atom stereocenters. The number of fused-ring (bicyclic) bond motifs is 3. The number of amidine groups is 1. The fourth-order valence-corrected chi connectivity index (χ4v) is 5.09. The minimum atomic E-state index is -3.89. The van der Waals surface area contributed by atoms with Gasteiger partial charge in [-0.1, -0.05) is 24.1 Å². The van der Waals surface area contributed by atoms with E-state index in [9.17, 15) is 13.2 Å². The molecule has 8 nitrogen and oxygen atoms in total. The van der Waals surface area contributed by atoms with E-state index < -0.39 is 15.9 Å². The lowest BCUT2D eigenvalue weighted by Gasteiger charge is -2.30. The molecule has 2 aromatic rings. The van der Waals surface area contributed by atoms with Gasteiger partial charge in [-0.2, -0.15) is 8.42 Å². The molecule has 1 saturated heterocycles. The summed E-state index contributed by atoms with van der Waals surface area (Å²) in [6, 6.07) is 6.34. The Morgan fingerprint density at radius 3 is 2.83 bits per heavy atom. The van der Waals surface area contributed by atoms with Gasteiger partial charge < -0.3 is 15.0 Å². The Morgan fingerprint density at radius 1 is 1.27 bits per heavy atom. The third-order valence-corrected chi connectivity index (χ3v) is 6.79. The molecule has 1 aromatic heterocycles. The molecule has 2 aliphatic heterocycles. The van der Waals surface area contributed by atoms with E-state index in [0.717, 1.165) is 24.8 Å². The lowest BCUT2D eigenvalue weighted by Crippen LogP contribution is -2.35. The van der Waals surface area contributed by atoms with Gasteiger partial charge >= 0.3 is 0 Å². The summed E-state index contributed by atoms with van der Waals surface area (Å²) in [6.45, 7) is 0.887. The quantitative estimate of drug-likeness (QED) is 0.771. The summed E-state index contributed by atoms with van der Waals surface area (Å²) in [5.41, 5.74) is 1.35. The molecule has 0 radical (unpaired) electrons. The maximum atomic E-state index is 12.8. The van der Waals surface area contributed by atoms with Crippen LogP contribution in [0.25, 0.3) is 0 Å². The maximum Gasteiger partial charge on any atom is 0.286 e. The zero-order valence-electron chi connectivity index (χ0n) is 16.4. The summed E-state index contributed by atoms with van der Waals surface area (Å²) in [5.74, 6) is 0.543. The fraction of sp³-hybridized carbons (Fsp3) is 0.350. The van der Waals surface area contributed by atoms with Crippen molar-refractivity contribution < 1.29 is 17.9 Å². The summed E-state index contributed by atoms with van der Waals surface area (Å²) in [4.78, 5) is 18.7. The Balaban J connectivity index is 1.61. The van der Waals surface area contributed by atoms with Gasteiger partial charge in [0.2, 0.25) is 5.88 Å². The number of halogens is 1. The highest BCUT2D eigenvalue weighted by molar-refractivity contribution is 7.90. The van der Waals surface area contributed by atoms with Crippen LogP contribution in [0.1, 0.15) is 41.6 Å². The van der Waals surface area contributed by atoms with Crippen molar-refractivity contribution in [2.75, 3.05) is 18.6 Å². The second-order valence-corrected chi connectivity index (χ2v) is 9.12. The van der Waals surface area contributed by atoms with Crippen LogP contribution < -0.4 is 15.0 Å². The van der Waals surface area contributed by atoms with E-state index in [0.29, 0.717) is 30.4 Å². The standard InChI is InChI=1S/C20H21ClN4O4S/c1-29-19-7-6-13(11-22-19)12-23-20(26)14-9-17-16(10-15(14)21)25-8-4-2-3-5-18(25)24-30(17,27)28/h6-7,9-11H,2-5,8,12H2,1H3,(H,23,26). The summed E-state index contributed by atoms with van der Waals surface area (Å²) in [7, 11) is -2.37. The molecule has 158 valence electrons. The minimum Gasteiger partial charge on any atom is -0.481 e. The molecule has 30 heavy (non-hydrogen) atoms. The number of carbonyl (C=O) groups is 1. The fourth-order valence-electron chi connectivity index (χ4n) is 3.58. The Hall–Kier alpha value is -2.65. The van der Waals surface area contributed by atoms with Gasteiger partial charge in [0.05, 0.1) is 23.4 Å². The minimum absolute atomic E-state index is 0.00816. The number of nitrogens with zero attached hydrogens (tertiary/aromatic N) is 3. The molecule has 2 aliphatic rings. The third kappa shape index (κ3) is 3.99. The first-order chi connectivity index (χ1) is 14.4. The zero-order chi connectivity index (χ0) is 21.3. The second-order valence-electron chi connectivity index (χ2n) is 7.14. The molecule has 0 saturated carbocycles. The molecular formula is C20H21ClN4O4S. The number of ether oxygens (including phenoxy) is 1. The Labute approximate surface area is 180 Å². The normalized spacial score (nSPS) is 17.3. The van der Waals surface area contributed by atoms with Crippen LogP contribution in [0.4, 0.5) is 5.69 Å². The van der Waals surface area contributed by atoms with Gasteiger partial charge in [0.15, 0.2) is 0 Å². The Morgan fingerprint density at radius 2 is 2.10 bits per heavy atom. The average molecular weight is 449 g/mol. The molecule has 0 spiro atoms. The first-order valence-electron chi connectivity index (χ1n) is 9.61. The van der Waals surface area contributed by atoms with Gasteiger partial charge in [0, 0.05) is 31.8 Å². The predicted octanol–water partition coefficient (Wildman–Crippen LogP) is 3.15. The maximum absolute atomic E-state index is 12.8. The number of hydrogen-bond acceptors (Lipinski definition) is 6. The van der Waals surface area contributed by atoms with Crippen LogP contribution in [0.3, 0.4) is 0 Å². The van der Waals surface area contributed by atoms with Gasteiger partial charge in [0.1, 0.15) is 10.7 Å². The number of hydrogen-bond donors (Lipinski definition) is 1. The van der Waals surface area contributed by atoms with Crippen LogP contribution in [0, 0.1) is 0 Å². The van der Waals surface area contributed by atoms with Crippen molar-refractivity contribution in [3.63, 3.8) is 0 Å². The van der Waals surface area contributed by atoms with Crippen LogP contribution in [-0.4, -0.2) is 38.8 Å². The van der Waals surface area contributed by atoms with Crippen LogP contribution >= 0.6 is 11.6 Å². The monoisotopic (exact) mass is 448 g/mol. The molecule has 1 aromatic carbocycles. The second kappa shape index (κ2) is 8.23. The van der Waals surface area contributed by atoms with E-state index in [-0.39, 0.29) is 22.0 Å². The lowest BCUT2D eigenvalue weighted by molar-refractivity contribution is 0.0951. The number of rotatable bonds is 4. The van der Waals surface area contributed by atoms with E-state index in [1.54, 1.807) is 24.4 Å². The van der Waals surface area contributed by atoms with Crippen LogP contribution in [0.2, 0.25) is 5.02 Å². The van der Waals surface area contributed by atoms with Crippen molar-refractivity contribution in [1.29, 1.82) is 0 Å². The first kappa shape index (κ1) is 20.6. The summed E-state index contributed by atoms with van der Waals surface area (Å²) in [6.07, 6.45) is 5.05. The number of methoxy groups -OCH3 is 1. The molecular weight excluding hydrogens is 428 g/mol. The van der Waals surface area contributed by atoms with E-state index in [2.05, 4.69) is 14.7 Å². The van der Waals surface area contributed by atoms with Crippen molar-refractivity contribution in [2.45, 2.75) is 37.1 Å². The summed E-state index contributed by atoms with van der Waals surface area (Å²) in [5, 5.41) is 2.94. The molecule has 0 unspecified atom stereocenters. The van der Waals surface area contributed by atoms with E-state index in [1.807, 2.05) is 4.90 Å². The predicted molar refractivity (Wildman–Crippen MR) is 114 cm³/mol. The Kier molecular flexibility index (Phi) is 5.66. The molecule has 4 rings (SSSR count). The SMILES string of the molecule is COc1ccc(CNC(=O)c2cc3c(cc2Cl)N2CCCCCC2=NS3(=O)=O)cn1. The van der Waals surface area contributed by atoms with Crippen molar-refractivity contribution in [1.82, 2.24) is 10.3 Å². The number of anilines is 1. The largest absolute Gasteiger partial charge is 0.481 e. The highest BCUT2D eigenvalue weighted by atomic mass is 35.5. The lowest BCUT2D eigenvalue weighted by atomic mass is 10.1. The molecule has 10 heteroatoms. The van der Waals surface area contributed by atoms with E-state index in [1.165, 1.54) is 13.2 Å². The van der Waals surface area contributed by atoms with Crippen LogP contribution in [0.5, 0.6) is 5.88 Å². The number of pyridine rings is 1. The van der Waals surface area contributed by atoms with Gasteiger partial charge in [-0.15, -0.1) is 4.40 Å². The molecule has 1 amide bonds. The van der Waals surface area contributed by atoms with E-state index in [4.69, 9.17) is 16.3 Å². The molecule has 1 N–H and O–H groups in total. The molecule has 1 fully saturated rings. The molecule has 0 aliphatic carbocycles. The number of amides is 1. The zero-order valence-corrected chi connectivity index (χ0v) is 18.0. The smallest absolute Gasteiger partial charge is 0.286 e. The van der Waals surface area contributed by atoms with Gasteiger partial charge in [-0.05, 0) is 30.5 Å². The molecule has 3 heterocycles. The van der Waals surface area contributed by atoms with Crippen molar-refractivity contribution in [3.8, 4) is 5.88 Å². The van der Waals surface area contributed by atoms with Gasteiger partial charge in [-0.25, -0.2) is 4.98 Å². The average Bonchev–Trinajstić information content (AvgIpc) is 2.97. The summed E-state index contributed by atoms with van der Waals surface area (Å²) < 4.78 is 34.5. The third-order valence-electron chi connectivity index (χ3n) is 5.14. The topological polar surface area (TPSA) is 101 Å². The molecule has 0 bridgehead atoms. The highest BCUT2D eigenvalue weighted by Gasteiger charge is 2.33. The van der Waals surface area contributed by atoms with Gasteiger partial charge in [-0.3, -0.25) is 4.79 Å². The van der Waals surface area contributed by atoms with E-state index >= 15 is 0 Å². The van der Waals surface area contributed by atoms with Crippen LogP contribution in [-0.2, 0) is 16.6 Å². The van der Waals surface area contributed by atoms with Crippen LogP contribution in [0.15, 0.2) is 39.8 Å². The van der Waals surface area contributed by atoms with Crippen molar-refractivity contribution in [2.24, 2.45) is 4.40 Å². The number of nitrogens with one attached hydrogen (secondary N) is 1. The number of aromatic nitrogens is 1.